The molecule has 0 unspecified atom stereocenters. The molecule has 0 spiro atoms. The Morgan fingerprint density at radius 3 is 2.22 bits per heavy atom. The fourth-order valence-electron chi connectivity index (χ4n) is 2.48. The van der Waals surface area contributed by atoms with Crippen molar-refractivity contribution in [3.05, 3.63) is 57.7 Å². The van der Waals surface area contributed by atoms with Crippen LogP contribution in [-0.2, 0) is 13.1 Å². The standard InChI is InChI=1S/C13H14N2O4.C7H8Cl2N2.C2H6/c1-17-10-4-3-8(5-11(10)18-2)13-15-9(7-16)12(6-14)19-13;1-10-2-5-6(8)3-11-4-7(5)9;1-2/h3-5,7H,6,14H2,1-2H3;3-4,10H,2H2,1H3;1-2H3. The number of benzene rings is 1. The minimum absolute atomic E-state index is 0.119. The number of hydrogen-bond acceptors (Lipinski definition) is 8. The van der Waals surface area contributed by atoms with Crippen molar-refractivity contribution >= 4 is 29.5 Å². The molecule has 0 fully saturated rings. The molecule has 0 atom stereocenters. The maximum Gasteiger partial charge on any atom is 0.227 e. The van der Waals surface area contributed by atoms with Gasteiger partial charge in [0.15, 0.2) is 17.8 Å². The average Bonchev–Trinajstić information content (AvgIpc) is 3.26. The minimum atomic E-state index is 0.119. The van der Waals surface area contributed by atoms with Gasteiger partial charge in [0.25, 0.3) is 0 Å². The number of rotatable bonds is 7. The van der Waals surface area contributed by atoms with Gasteiger partial charge in [-0.1, -0.05) is 37.0 Å². The molecular formula is C22H28Cl2N4O4. The van der Waals surface area contributed by atoms with Crippen LogP contribution in [0.5, 0.6) is 11.5 Å². The molecule has 0 aliphatic rings. The van der Waals surface area contributed by atoms with Crippen LogP contribution in [0, 0.1) is 0 Å². The summed E-state index contributed by atoms with van der Waals surface area (Å²) in [4.78, 5) is 18.8. The number of aromatic nitrogens is 2. The molecule has 0 radical (unpaired) electrons. The van der Waals surface area contributed by atoms with Crippen LogP contribution in [0.1, 0.15) is 35.7 Å². The molecule has 0 saturated heterocycles. The van der Waals surface area contributed by atoms with Gasteiger partial charge in [0.1, 0.15) is 11.5 Å². The maximum atomic E-state index is 10.8. The second-order valence-corrected chi connectivity index (χ2v) is 6.65. The van der Waals surface area contributed by atoms with Crippen molar-refractivity contribution in [1.29, 1.82) is 0 Å². The van der Waals surface area contributed by atoms with E-state index in [9.17, 15) is 4.79 Å². The van der Waals surface area contributed by atoms with Crippen molar-refractivity contribution in [2.45, 2.75) is 26.9 Å². The first kappa shape index (κ1) is 27.4. The van der Waals surface area contributed by atoms with E-state index in [4.69, 9.17) is 42.8 Å². The van der Waals surface area contributed by atoms with Crippen molar-refractivity contribution < 1.29 is 18.7 Å². The summed E-state index contributed by atoms with van der Waals surface area (Å²) in [6, 6.07) is 5.22. The molecule has 1 aromatic carbocycles. The number of aldehydes is 1. The van der Waals surface area contributed by atoms with E-state index < -0.39 is 0 Å². The molecule has 2 heterocycles. The molecular weight excluding hydrogens is 455 g/mol. The van der Waals surface area contributed by atoms with Gasteiger partial charge in [0, 0.05) is 30.1 Å². The first-order chi connectivity index (χ1) is 15.5. The van der Waals surface area contributed by atoms with Gasteiger partial charge < -0.3 is 24.9 Å². The third-order valence-electron chi connectivity index (χ3n) is 3.96. The summed E-state index contributed by atoms with van der Waals surface area (Å²) in [6.07, 6.45) is 3.79. The van der Waals surface area contributed by atoms with Crippen LogP contribution in [0.15, 0.2) is 35.0 Å². The molecule has 2 aromatic heterocycles. The van der Waals surface area contributed by atoms with Crippen molar-refractivity contribution in [3.8, 4) is 23.0 Å². The quantitative estimate of drug-likeness (QED) is 0.463. The van der Waals surface area contributed by atoms with E-state index in [1.807, 2.05) is 20.9 Å². The van der Waals surface area contributed by atoms with Crippen LogP contribution in [0.3, 0.4) is 0 Å². The van der Waals surface area contributed by atoms with Crippen LogP contribution in [0.2, 0.25) is 10.0 Å². The highest BCUT2D eigenvalue weighted by molar-refractivity contribution is 6.35. The molecule has 0 aliphatic carbocycles. The largest absolute Gasteiger partial charge is 0.493 e. The number of carbonyl (C=O) groups excluding carboxylic acids is 1. The van der Waals surface area contributed by atoms with Gasteiger partial charge in [0.2, 0.25) is 5.89 Å². The monoisotopic (exact) mass is 482 g/mol. The molecule has 0 bridgehead atoms. The fourth-order valence-corrected chi connectivity index (χ4v) is 2.98. The number of hydrogen-bond donors (Lipinski definition) is 2. The van der Waals surface area contributed by atoms with Crippen LogP contribution in [0.4, 0.5) is 0 Å². The summed E-state index contributed by atoms with van der Waals surface area (Å²) in [5, 5.41) is 4.18. The lowest BCUT2D eigenvalue weighted by Crippen LogP contribution is -2.06. The number of pyridine rings is 1. The summed E-state index contributed by atoms with van der Waals surface area (Å²) in [5.74, 6) is 1.84. The zero-order valence-corrected chi connectivity index (χ0v) is 20.3. The van der Waals surface area contributed by atoms with E-state index in [0.29, 0.717) is 51.6 Å². The van der Waals surface area contributed by atoms with E-state index in [0.717, 1.165) is 5.56 Å². The van der Waals surface area contributed by atoms with E-state index in [1.54, 1.807) is 44.8 Å². The molecule has 3 N–H and O–H groups in total. The minimum Gasteiger partial charge on any atom is -0.493 e. The van der Waals surface area contributed by atoms with E-state index in [-0.39, 0.29) is 12.2 Å². The van der Waals surface area contributed by atoms with Crippen molar-refractivity contribution in [2.75, 3.05) is 21.3 Å². The Morgan fingerprint density at radius 1 is 1.12 bits per heavy atom. The molecule has 3 aromatic rings. The van der Waals surface area contributed by atoms with Crippen molar-refractivity contribution in [1.82, 2.24) is 15.3 Å². The van der Waals surface area contributed by atoms with Gasteiger partial charge in [-0.2, -0.15) is 0 Å². The number of carbonyl (C=O) groups is 1. The molecule has 32 heavy (non-hydrogen) atoms. The lowest BCUT2D eigenvalue weighted by atomic mass is 10.2. The average molecular weight is 483 g/mol. The molecule has 0 aliphatic heterocycles. The van der Waals surface area contributed by atoms with Crippen molar-refractivity contribution in [3.63, 3.8) is 0 Å². The van der Waals surface area contributed by atoms with Crippen molar-refractivity contribution in [2.24, 2.45) is 5.73 Å². The first-order valence-electron chi connectivity index (χ1n) is 9.78. The zero-order valence-electron chi connectivity index (χ0n) is 18.7. The molecule has 8 nitrogen and oxygen atoms in total. The van der Waals surface area contributed by atoms with Gasteiger partial charge in [-0.25, -0.2) is 4.98 Å². The number of nitrogens with one attached hydrogen (secondary N) is 1. The second-order valence-electron chi connectivity index (χ2n) is 5.83. The number of nitrogens with two attached hydrogens (primary N) is 1. The Hall–Kier alpha value is -2.65. The van der Waals surface area contributed by atoms with Crippen LogP contribution in [0.25, 0.3) is 11.5 Å². The molecule has 0 saturated carbocycles. The van der Waals surface area contributed by atoms with Gasteiger partial charge in [-0.3, -0.25) is 9.78 Å². The first-order valence-corrected chi connectivity index (χ1v) is 10.5. The van der Waals surface area contributed by atoms with Gasteiger partial charge in [-0.05, 0) is 25.2 Å². The Labute approximate surface area is 198 Å². The summed E-state index contributed by atoms with van der Waals surface area (Å²) in [5.41, 5.74) is 7.27. The lowest BCUT2D eigenvalue weighted by molar-refractivity contribution is 0.111. The predicted octanol–water partition coefficient (Wildman–Crippen LogP) is 4.76. The highest BCUT2D eigenvalue weighted by atomic mass is 35.5. The Balaban J connectivity index is 0.000000335. The van der Waals surface area contributed by atoms with Crippen LogP contribution >= 0.6 is 23.2 Å². The number of ether oxygens (including phenoxy) is 2. The van der Waals surface area contributed by atoms with Crippen LogP contribution in [-0.4, -0.2) is 37.5 Å². The van der Waals surface area contributed by atoms with Gasteiger partial charge in [0.05, 0.1) is 30.8 Å². The van der Waals surface area contributed by atoms with Gasteiger partial charge in [-0.15, -0.1) is 0 Å². The Bertz CT molecular complexity index is 976. The summed E-state index contributed by atoms with van der Waals surface area (Å²) in [6.45, 7) is 4.79. The normalized spacial score (nSPS) is 9.75. The fraction of sp³-hybridized carbons (Fsp3) is 0.318. The van der Waals surface area contributed by atoms with Gasteiger partial charge >= 0.3 is 0 Å². The number of oxazole rings is 1. The summed E-state index contributed by atoms with van der Waals surface area (Å²) < 4.78 is 15.8. The summed E-state index contributed by atoms with van der Waals surface area (Å²) >= 11 is 11.6. The molecule has 174 valence electrons. The van der Waals surface area contributed by atoms with E-state index in [1.165, 1.54) is 0 Å². The SMILES string of the molecule is CC.CNCc1c(Cl)cncc1Cl.COc1ccc(-c2nc(C=O)c(CN)o2)cc1OC. The molecule has 10 heteroatoms. The zero-order chi connectivity index (χ0) is 24.1. The Morgan fingerprint density at radius 2 is 1.75 bits per heavy atom. The number of nitrogens with zero attached hydrogens (tertiary/aromatic N) is 2. The summed E-state index contributed by atoms with van der Waals surface area (Å²) in [7, 11) is 4.94. The maximum absolute atomic E-state index is 10.8. The highest BCUT2D eigenvalue weighted by Crippen LogP contribution is 2.32. The molecule has 0 amide bonds. The Kier molecular flexibility index (Phi) is 12.3. The third kappa shape index (κ3) is 7.20. The number of methoxy groups -OCH3 is 2. The second kappa shape index (κ2) is 14.4. The smallest absolute Gasteiger partial charge is 0.227 e. The molecule has 3 rings (SSSR count). The van der Waals surface area contributed by atoms with E-state index in [2.05, 4.69) is 15.3 Å². The highest BCUT2D eigenvalue weighted by Gasteiger charge is 2.14. The van der Waals surface area contributed by atoms with Crippen LogP contribution < -0.4 is 20.5 Å². The lowest BCUT2D eigenvalue weighted by Gasteiger charge is -2.07. The third-order valence-corrected chi connectivity index (χ3v) is 4.61. The number of halogens is 2. The topological polar surface area (TPSA) is 113 Å². The van der Waals surface area contributed by atoms with E-state index >= 15 is 0 Å². The predicted molar refractivity (Wildman–Crippen MR) is 127 cm³/mol.